The fraction of sp³-hybridized carbons (Fsp3) is 0.182. The normalized spacial score (nSPS) is 12.0. The van der Waals surface area contributed by atoms with E-state index in [1.807, 2.05) is 62.0 Å². The molecule has 6 heteroatoms. The topological polar surface area (TPSA) is 68.5 Å². The summed E-state index contributed by atoms with van der Waals surface area (Å²) in [5.74, 6) is 0.575. The van der Waals surface area contributed by atoms with Crippen LogP contribution in [0.1, 0.15) is 28.6 Å². The largest absolute Gasteiger partial charge is 0.343 e. The van der Waals surface area contributed by atoms with Crippen molar-refractivity contribution in [2.24, 2.45) is 7.05 Å². The quantitative estimate of drug-likeness (QED) is 0.573. The summed E-state index contributed by atoms with van der Waals surface area (Å²) in [7, 11) is 1.95. The summed E-state index contributed by atoms with van der Waals surface area (Å²) in [6.45, 7) is 4.05. The van der Waals surface area contributed by atoms with Crippen molar-refractivity contribution < 1.29 is 0 Å². The van der Waals surface area contributed by atoms with E-state index in [0.717, 1.165) is 33.8 Å². The van der Waals surface area contributed by atoms with Crippen molar-refractivity contribution in [2.45, 2.75) is 19.9 Å². The molecule has 1 atom stereocenters. The fourth-order valence-electron chi connectivity index (χ4n) is 3.40. The zero-order chi connectivity index (χ0) is 19.5. The van der Waals surface area contributed by atoms with Gasteiger partial charge in [-0.1, -0.05) is 30.3 Å². The smallest absolute Gasteiger partial charge is 0.223 e. The average molecular weight is 370 g/mol. The molecular formula is C22H22N6. The van der Waals surface area contributed by atoms with E-state index in [1.54, 1.807) is 18.6 Å². The summed E-state index contributed by atoms with van der Waals surface area (Å²) < 4.78 is 1.88. The fourth-order valence-corrected chi connectivity index (χ4v) is 3.40. The van der Waals surface area contributed by atoms with Crippen molar-refractivity contribution in [1.82, 2.24) is 24.7 Å². The van der Waals surface area contributed by atoms with Crippen LogP contribution in [0.5, 0.6) is 0 Å². The van der Waals surface area contributed by atoms with E-state index in [9.17, 15) is 0 Å². The van der Waals surface area contributed by atoms with Gasteiger partial charge in [-0.15, -0.1) is 0 Å². The van der Waals surface area contributed by atoms with E-state index in [1.165, 1.54) is 0 Å². The summed E-state index contributed by atoms with van der Waals surface area (Å²) in [5.41, 5.74) is 6.19. The van der Waals surface area contributed by atoms with Crippen molar-refractivity contribution in [2.75, 3.05) is 5.32 Å². The molecule has 0 aliphatic carbocycles. The highest BCUT2D eigenvalue weighted by atomic mass is 15.3. The number of nitrogens with one attached hydrogen (secondary N) is 1. The van der Waals surface area contributed by atoms with Crippen molar-refractivity contribution >= 4 is 5.95 Å². The van der Waals surface area contributed by atoms with Gasteiger partial charge in [0, 0.05) is 36.9 Å². The Morgan fingerprint density at radius 1 is 0.893 bits per heavy atom. The Bertz CT molecular complexity index is 1030. The van der Waals surface area contributed by atoms with Crippen LogP contribution in [0.15, 0.2) is 67.1 Å². The summed E-state index contributed by atoms with van der Waals surface area (Å²) in [5, 5.41) is 7.99. The monoisotopic (exact) mass is 370 g/mol. The van der Waals surface area contributed by atoms with Gasteiger partial charge in [-0.2, -0.15) is 5.10 Å². The molecule has 0 fully saturated rings. The third kappa shape index (κ3) is 3.49. The van der Waals surface area contributed by atoms with Gasteiger partial charge < -0.3 is 5.32 Å². The minimum Gasteiger partial charge on any atom is -0.343 e. The first-order chi connectivity index (χ1) is 13.6. The first kappa shape index (κ1) is 17.9. The Kier molecular flexibility index (Phi) is 4.85. The third-order valence-corrected chi connectivity index (χ3v) is 4.87. The first-order valence-corrected chi connectivity index (χ1v) is 9.18. The predicted octanol–water partition coefficient (Wildman–Crippen LogP) is 4.09. The maximum atomic E-state index is 4.78. The van der Waals surface area contributed by atoms with Gasteiger partial charge in [0.05, 0.1) is 17.4 Å². The van der Waals surface area contributed by atoms with E-state index in [2.05, 4.69) is 32.5 Å². The molecule has 1 aromatic carbocycles. The van der Waals surface area contributed by atoms with E-state index < -0.39 is 0 Å². The molecule has 4 rings (SSSR count). The highest BCUT2D eigenvalue weighted by molar-refractivity contribution is 5.65. The van der Waals surface area contributed by atoms with Crippen LogP contribution in [-0.2, 0) is 7.05 Å². The molecule has 0 bridgehead atoms. The van der Waals surface area contributed by atoms with Crippen molar-refractivity contribution in [3.05, 3.63) is 89.6 Å². The zero-order valence-electron chi connectivity index (χ0n) is 16.2. The molecule has 28 heavy (non-hydrogen) atoms. The Morgan fingerprint density at radius 3 is 2.29 bits per heavy atom. The molecule has 3 heterocycles. The van der Waals surface area contributed by atoms with Crippen molar-refractivity contribution in [3.8, 4) is 11.3 Å². The number of hydrogen-bond acceptors (Lipinski definition) is 5. The van der Waals surface area contributed by atoms with Gasteiger partial charge >= 0.3 is 0 Å². The van der Waals surface area contributed by atoms with Gasteiger partial charge in [-0.05, 0) is 43.2 Å². The van der Waals surface area contributed by atoms with Crippen molar-refractivity contribution in [1.29, 1.82) is 0 Å². The van der Waals surface area contributed by atoms with Crippen LogP contribution in [0.4, 0.5) is 5.95 Å². The maximum absolute atomic E-state index is 4.78. The molecule has 0 amide bonds. The molecule has 6 nitrogen and oxygen atoms in total. The minimum atomic E-state index is -0.0736. The second-order valence-corrected chi connectivity index (χ2v) is 6.70. The number of rotatable bonds is 5. The Balaban J connectivity index is 1.72. The SMILES string of the molecule is Cc1nn(C)c(C)c1-c1ccnc(N[C@H](c2ccccc2)c2ccncc2)n1. The van der Waals surface area contributed by atoms with Crippen LogP contribution < -0.4 is 5.32 Å². The van der Waals surface area contributed by atoms with E-state index in [4.69, 9.17) is 4.98 Å². The van der Waals surface area contributed by atoms with Crippen LogP contribution in [0.3, 0.4) is 0 Å². The second-order valence-electron chi connectivity index (χ2n) is 6.70. The van der Waals surface area contributed by atoms with Crippen LogP contribution in [-0.4, -0.2) is 24.7 Å². The van der Waals surface area contributed by atoms with Crippen LogP contribution in [0.2, 0.25) is 0 Å². The highest BCUT2D eigenvalue weighted by Gasteiger charge is 2.17. The third-order valence-electron chi connectivity index (χ3n) is 4.87. The molecule has 0 saturated heterocycles. The highest BCUT2D eigenvalue weighted by Crippen LogP contribution is 2.28. The van der Waals surface area contributed by atoms with Gasteiger partial charge in [0.1, 0.15) is 0 Å². The molecule has 0 radical (unpaired) electrons. The molecule has 0 unspecified atom stereocenters. The number of hydrogen-bond donors (Lipinski definition) is 1. The van der Waals surface area contributed by atoms with Crippen LogP contribution in [0.25, 0.3) is 11.3 Å². The zero-order valence-corrected chi connectivity index (χ0v) is 16.2. The first-order valence-electron chi connectivity index (χ1n) is 9.18. The Hall–Kier alpha value is -3.54. The summed E-state index contributed by atoms with van der Waals surface area (Å²) in [6, 6.07) is 16.1. The minimum absolute atomic E-state index is 0.0736. The van der Waals surface area contributed by atoms with Gasteiger partial charge in [-0.25, -0.2) is 9.97 Å². The van der Waals surface area contributed by atoms with E-state index >= 15 is 0 Å². The van der Waals surface area contributed by atoms with Crippen LogP contribution in [0, 0.1) is 13.8 Å². The van der Waals surface area contributed by atoms with Gasteiger partial charge in [0.2, 0.25) is 5.95 Å². The summed E-state index contributed by atoms with van der Waals surface area (Å²) in [4.78, 5) is 13.4. The molecule has 0 aliphatic rings. The lowest BCUT2D eigenvalue weighted by Crippen LogP contribution is -2.14. The molecule has 1 N–H and O–H groups in total. The molecule has 140 valence electrons. The van der Waals surface area contributed by atoms with E-state index in [0.29, 0.717) is 5.95 Å². The number of pyridine rings is 1. The van der Waals surface area contributed by atoms with Gasteiger partial charge in [0.15, 0.2) is 0 Å². The van der Waals surface area contributed by atoms with Gasteiger partial charge in [-0.3, -0.25) is 9.67 Å². The molecule has 0 aliphatic heterocycles. The number of aryl methyl sites for hydroxylation is 2. The van der Waals surface area contributed by atoms with E-state index in [-0.39, 0.29) is 6.04 Å². The summed E-state index contributed by atoms with van der Waals surface area (Å²) in [6.07, 6.45) is 5.38. The lowest BCUT2D eigenvalue weighted by Gasteiger charge is -2.20. The average Bonchev–Trinajstić information content (AvgIpc) is 2.99. The molecule has 0 saturated carbocycles. The number of aromatic nitrogens is 5. The lowest BCUT2D eigenvalue weighted by molar-refractivity contribution is 0.731. The number of nitrogens with zero attached hydrogens (tertiary/aromatic N) is 5. The lowest BCUT2D eigenvalue weighted by atomic mass is 10.00. The maximum Gasteiger partial charge on any atom is 0.223 e. The number of benzene rings is 1. The molecule has 4 aromatic rings. The second kappa shape index (κ2) is 7.60. The van der Waals surface area contributed by atoms with Gasteiger partial charge in [0.25, 0.3) is 0 Å². The Morgan fingerprint density at radius 2 is 1.61 bits per heavy atom. The summed E-state index contributed by atoms with van der Waals surface area (Å²) >= 11 is 0. The molecular weight excluding hydrogens is 348 g/mol. The molecule has 0 spiro atoms. The number of anilines is 1. The standard InChI is InChI=1S/C22H22N6/c1-15-20(16(2)28(3)27-15)19-11-14-24-22(25-19)26-21(17-7-5-4-6-8-17)18-9-12-23-13-10-18/h4-14,21H,1-3H3,(H,24,25,26)/t21-/m1/s1. The molecule has 3 aromatic heterocycles. The Labute approximate surface area is 164 Å². The predicted molar refractivity (Wildman–Crippen MR) is 110 cm³/mol. The van der Waals surface area contributed by atoms with Crippen LogP contribution >= 0.6 is 0 Å². The van der Waals surface area contributed by atoms with Crippen molar-refractivity contribution in [3.63, 3.8) is 0 Å².